The van der Waals surface area contributed by atoms with Crippen molar-refractivity contribution in [2.75, 3.05) is 17.2 Å². The molecule has 0 atom stereocenters. The van der Waals surface area contributed by atoms with E-state index in [1.54, 1.807) is 0 Å². The summed E-state index contributed by atoms with van der Waals surface area (Å²) in [5.74, 6) is -0.442. The zero-order chi connectivity index (χ0) is 13.7. The molecule has 0 saturated heterocycles. The predicted molar refractivity (Wildman–Crippen MR) is 65.8 cm³/mol. The van der Waals surface area contributed by atoms with Crippen LogP contribution in [0.15, 0.2) is 30.6 Å². The van der Waals surface area contributed by atoms with E-state index < -0.39 is 11.6 Å². The van der Waals surface area contributed by atoms with Crippen molar-refractivity contribution >= 4 is 17.3 Å². The molecule has 0 spiro atoms. The van der Waals surface area contributed by atoms with Gasteiger partial charge >= 0.3 is 0 Å². The number of hydrogen-bond acceptors (Lipinski definition) is 5. The van der Waals surface area contributed by atoms with Crippen molar-refractivity contribution in [2.24, 2.45) is 0 Å². The number of benzene rings is 1. The second-order valence-electron chi connectivity index (χ2n) is 3.55. The van der Waals surface area contributed by atoms with Crippen LogP contribution in [0.4, 0.5) is 26.1 Å². The highest BCUT2D eigenvalue weighted by Crippen LogP contribution is 2.20. The Bertz CT molecular complexity index is 624. The number of hydrogen-bond donors (Lipinski definition) is 2. The Morgan fingerprint density at radius 3 is 2.74 bits per heavy atom. The van der Waals surface area contributed by atoms with E-state index in [-0.39, 0.29) is 12.2 Å². The van der Waals surface area contributed by atoms with Crippen LogP contribution in [0.1, 0.15) is 0 Å². The summed E-state index contributed by atoms with van der Waals surface area (Å²) in [5.41, 5.74) is -0.0232. The summed E-state index contributed by atoms with van der Waals surface area (Å²) < 4.78 is 26.4. The number of nitrogens with one attached hydrogen (secondary N) is 2. The number of nitriles is 1. The highest BCUT2D eigenvalue weighted by molar-refractivity contribution is 5.59. The molecular weight excluding hydrogens is 252 g/mol. The van der Waals surface area contributed by atoms with Gasteiger partial charge in [-0.1, -0.05) is 0 Å². The zero-order valence-electron chi connectivity index (χ0n) is 9.69. The van der Waals surface area contributed by atoms with E-state index in [4.69, 9.17) is 5.26 Å². The summed E-state index contributed by atoms with van der Waals surface area (Å²) in [6, 6.07) is 6.47. The molecule has 0 aliphatic carbocycles. The molecule has 1 aromatic carbocycles. The Morgan fingerprint density at radius 1 is 1.16 bits per heavy atom. The number of halogens is 2. The first-order valence-corrected chi connectivity index (χ1v) is 5.34. The molecule has 1 aromatic heterocycles. The minimum Gasteiger partial charge on any atom is -0.357 e. The van der Waals surface area contributed by atoms with Gasteiger partial charge in [-0.15, -0.1) is 0 Å². The molecule has 5 nitrogen and oxygen atoms in total. The Labute approximate surface area is 107 Å². The second-order valence-corrected chi connectivity index (χ2v) is 3.55. The molecule has 1 heterocycles. The van der Waals surface area contributed by atoms with Crippen molar-refractivity contribution in [2.45, 2.75) is 0 Å². The van der Waals surface area contributed by atoms with Crippen molar-refractivity contribution in [3.8, 4) is 6.07 Å². The number of anilines is 3. The normalized spacial score (nSPS) is 9.74. The van der Waals surface area contributed by atoms with E-state index in [9.17, 15) is 8.78 Å². The highest BCUT2D eigenvalue weighted by Gasteiger charge is 2.05. The highest BCUT2D eigenvalue weighted by atomic mass is 19.1. The summed E-state index contributed by atoms with van der Waals surface area (Å²) in [6.45, 7) is 0.0881. The summed E-state index contributed by atoms with van der Waals surface area (Å²) >= 11 is 0. The van der Waals surface area contributed by atoms with Gasteiger partial charge in [0.25, 0.3) is 0 Å². The molecule has 0 aliphatic rings. The van der Waals surface area contributed by atoms with Gasteiger partial charge in [0.1, 0.15) is 36.1 Å². The first kappa shape index (κ1) is 12.7. The van der Waals surface area contributed by atoms with E-state index in [1.807, 2.05) is 6.07 Å². The van der Waals surface area contributed by atoms with Crippen LogP contribution in [0.3, 0.4) is 0 Å². The standard InChI is InChI=1S/C12H9F2N5/c13-8-1-2-9(14)10(5-8)19-12-6-11(16-4-3-15)17-7-18-12/h1-2,5-7H,4H2,(H2,16,17,18,19). The van der Waals surface area contributed by atoms with Crippen LogP contribution in [-0.4, -0.2) is 16.5 Å². The maximum atomic E-state index is 13.4. The van der Waals surface area contributed by atoms with Gasteiger partial charge in [-0.05, 0) is 12.1 Å². The molecule has 0 unspecified atom stereocenters. The molecule has 2 N–H and O–H groups in total. The first-order chi connectivity index (χ1) is 9.19. The second kappa shape index (κ2) is 5.73. The Kier molecular flexibility index (Phi) is 3.83. The largest absolute Gasteiger partial charge is 0.357 e. The van der Waals surface area contributed by atoms with Crippen molar-refractivity contribution in [3.63, 3.8) is 0 Å². The van der Waals surface area contributed by atoms with Gasteiger partial charge in [0.2, 0.25) is 0 Å². The smallest absolute Gasteiger partial charge is 0.146 e. The topological polar surface area (TPSA) is 73.6 Å². The van der Waals surface area contributed by atoms with Gasteiger partial charge in [-0.3, -0.25) is 0 Å². The van der Waals surface area contributed by atoms with Crippen LogP contribution in [0.25, 0.3) is 0 Å². The van der Waals surface area contributed by atoms with Gasteiger partial charge in [0, 0.05) is 12.1 Å². The van der Waals surface area contributed by atoms with Crippen LogP contribution in [0.5, 0.6) is 0 Å². The third kappa shape index (κ3) is 3.35. The molecule has 0 fully saturated rings. The molecule has 0 bridgehead atoms. The van der Waals surface area contributed by atoms with Gasteiger partial charge in [-0.25, -0.2) is 18.7 Å². The minimum atomic E-state index is -0.591. The Balaban J connectivity index is 2.19. The number of rotatable bonds is 4. The van der Waals surface area contributed by atoms with Crippen molar-refractivity contribution in [1.82, 2.24) is 9.97 Å². The fourth-order valence-electron chi connectivity index (χ4n) is 1.38. The van der Waals surface area contributed by atoms with Gasteiger partial charge in [-0.2, -0.15) is 5.26 Å². The number of aromatic nitrogens is 2. The van der Waals surface area contributed by atoms with Gasteiger partial charge in [0.15, 0.2) is 0 Å². The Morgan fingerprint density at radius 2 is 1.95 bits per heavy atom. The molecule has 0 saturated carbocycles. The molecule has 0 radical (unpaired) electrons. The van der Waals surface area contributed by atoms with Crippen LogP contribution in [-0.2, 0) is 0 Å². The van der Waals surface area contributed by atoms with Crippen LogP contribution in [0, 0.1) is 23.0 Å². The maximum absolute atomic E-state index is 13.4. The molecule has 2 rings (SSSR count). The van der Waals surface area contributed by atoms with E-state index >= 15 is 0 Å². The van der Waals surface area contributed by atoms with Crippen LogP contribution < -0.4 is 10.6 Å². The van der Waals surface area contributed by atoms with E-state index in [2.05, 4.69) is 20.6 Å². The van der Waals surface area contributed by atoms with Gasteiger partial charge in [0.05, 0.1) is 11.8 Å². The lowest BCUT2D eigenvalue weighted by Crippen LogP contribution is -2.03. The van der Waals surface area contributed by atoms with E-state index in [0.29, 0.717) is 11.6 Å². The lowest BCUT2D eigenvalue weighted by atomic mass is 10.3. The fourth-order valence-corrected chi connectivity index (χ4v) is 1.38. The lowest BCUT2D eigenvalue weighted by molar-refractivity contribution is 0.603. The third-order valence-electron chi connectivity index (χ3n) is 2.21. The zero-order valence-corrected chi connectivity index (χ0v) is 9.69. The van der Waals surface area contributed by atoms with Gasteiger partial charge < -0.3 is 10.6 Å². The third-order valence-corrected chi connectivity index (χ3v) is 2.21. The number of nitrogens with zero attached hydrogens (tertiary/aromatic N) is 3. The molecule has 0 amide bonds. The van der Waals surface area contributed by atoms with Crippen molar-refractivity contribution in [3.05, 3.63) is 42.2 Å². The first-order valence-electron chi connectivity index (χ1n) is 5.34. The van der Waals surface area contributed by atoms with Crippen LogP contribution >= 0.6 is 0 Å². The summed E-state index contributed by atoms with van der Waals surface area (Å²) in [6.07, 6.45) is 1.25. The fraction of sp³-hybridized carbons (Fsp3) is 0.0833. The van der Waals surface area contributed by atoms with E-state index in [1.165, 1.54) is 12.4 Å². The predicted octanol–water partition coefficient (Wildman–Crippen LogP) is 2.43. The van der Waals surface area contributed by atoms with Crippen molar-refractivity contribution in [1.29, 1.82) is 5.26 Å². The quantitative estimate of drug-likeness (QED) is 0.827. The SMILES string of the molecule is N#CCNc1cc(Nc2cc(F)ccc2F)ncn1. The Hall–Kier alpha value is -2.75. The average Bonchev–Trinajstić information content (AvgIpc) is 2.41. The van der Waals surface area contributed by atoms with E-state index in [0.717, 1.165) is 18.2 Å². The molecule has 96 valence electrons. The summed E-state index contributed by atoms with van der Waals surface area (Å²) in [4.78, 5) is 7.76. The average molecular weight is 261 g/mol. The molecule has 0 aliphatic heterocycles. The maximum Gasteiger partial charge on any atom is 0.146 e. The lowest BCUT2D eigenvalue weighted by Gasteiger charge is -2.08. The molecule has 2 aromatic rings. The van der Waals surface area contributed by atoms with Crippen molar-refractivity contribution < 1.29 is 8.78 Å². The summed E-state index contributed by atoms with van der Waals surface area (Å²) in [5, 5.41) is 13.8. The summed E-state index contributed by atoms with van der Waals surface area (Å²) in [7, 11) is 0. The molecular formula is C12H9F2N5. The molecule has 7 heteroatoms. The monoisotopic (exact) mass is 261 g/mol. The molecule has 19 heavy (non-hydrogen) atoms. The minimum absolute atomic E-state index is 0.0232. The van der Waals surface area contributed by atoms with Crippen LogP contribution in [0.2, 0.25) is 0 Å².